The molecule has 0 heterocycles. The highest BCUT2D eigenvalue weighted by molar-refractivity contribution is 14.1. The average Bonchev–Trinajstić information content (AvgIpc) is 2.27. The van der Waals surface area contributed by atoms with Gasteiger partial charge in [0.25, 0.3) is 5.69 Å². The molecule has 0 bridgehead atoms. The van der Waals surface area contributed by atoms with Gasteiger partial charge in [-0.05, 0) is 34.7 Å². The van der Waals surface area contributed by atoms with Crippen molar-refractivity contribution in [3.8, 4) is 12.3 Å². The first kappa shape index (κ1) is 14.2. The van der Waals surface area contributed by atoms with Gasteiger partial charge in [-0.1, -0.05) is 5.92 Å². The van der Waals surface area contributed by atoms with Crippen molar-refractivity contribution in [2.75, 3.05) is 18.0 Å². The van der Waals surface area contributed by atoms with Crippen molar-refractivity contribution in [1.29, 1.82) is 0 Å². The zero-order valence-electron chi connectivity index (χ0n) is 9.17. The first-order valence-electron chi connectivity index (χ1n) is 4.80. The molecule has 0 spiro atoms. The largest absolute Gasteiger partial charge is 0.480 e. The topological polar surface area (TPSA) is 83.7 Å². The van der Waals surface area contributed by atoms with Crippen molar-refractivity contribution in [3.05, 3.63) is 31.9 Å². The molecule has 18 heavy (non-hydrogen) atoms. The summed E-state index contributed by atoms with van der Waals surface area (Å²) in [4.78, 5) is 22.4. The van der Waals surface area contributed by atoms with E-state index in [1.807, 2.05) is 22.6 Å². The predicted molar refractivity (Wildman–Crippen MR) is 74.5 cm³/mol. The number of carboxylic acids is 1. The minimum Gasteiger partial charge on any atom is -0.480 e. The van der Waals surface area contributed by atoms with E-state index in [0.29, 0.717) is 3.57 Å². The van der Waals surface area contributed by atoms with Crippen LogP contribution in [-0.2, 0) is 4.79 Å². The Morgan fingerprint density at radius 1 is 1.61 bits per heavy atom. The molecule has 1 N–H and O–H groups in total. The van der Waals surface area contributed by atoms with Crippen LogP contribution in [0.4, 0.5) is 11.4 Å². The van der Waals surface area contributed by atoms with Crippen LogP contribution in [0, 0.1) is 26.0 Å². The molecular formula is C11H9IN2O4. The van der Waals surface area contributed by atoms with E-state index in [9.17, 15) is 14.9 Å². The lowest BCUT2D eigenvalue weighted by Gasteiger charge is -2.19. The molecule has 0 fully saturated rings. The molecule has 0 saturated heterocycles. The summed E-state index contributed by atoms with van der Waals surface area (Å²) in [7, 11) is 0. The summed E-state index contributed by atoms with van der Waals surface area (Å²) >= 11 is 1.95. The van der Waals surface area contributed by atoms with Gasteiger partial charge in [-0.25, -0.2) is 0 Å². The molecule has 7 heteroatoms. The number of halogens is 1. The predicted octanol–water partition coefficient (Wildman–Crippen LogP) is 1.72. The van der Waals surface area contributed by atoms with Gasteiger partial charge in [0.05, 0.1) is 11.5 Å². The van der Waals surface area contributed by atoms with Crippen molar-refractivity contribution in [2.45, 2.75) is 0 Å². The number of anilines is 1. The summed E-state index contributed by atoms with van der Waals surface area (Å²) in [6.45, 7) is -0.390. The highest BCUT2D eigenvalue weighted by Crippen LogP contribution is 2.29. The third-order valence-corrected chi connectivity index (χ3v) is 2.75. The number of hydrogen-bond acceptors (Lipinski definition) is 4. The number of nitro benzene ring substituents is 1. The van der Waals surface area contributed by atoms with Crippen LogP contribution in [0.3, 0.4) is 0 Å². The van der Waals surface area contributed by atoms with Crippen molar-refractivity contribution in [2.24, 2.45) is 0 Å². The number of aliphatic carboxylic acids is 1. The van der Waals surface area contributed by atoms with Gasteiger partial charge < -0.3 is 10.0 Å². The van der Waals surface area contributed by atoms with Crippen LogP contribution in [0.2, 0.25) is 0 Å². The number of carbonyl (C=O) groups is 1. The van der Waals surface area contributed by atoms with Crippen molar-refractivity contribution >= 4 is 39.9 Å². The molecule has 0 radical (unpaired) electrons. The van der Waals surface area contributed by atoms with Crippen LogP contribution < -0.4 is 4.90 Å². The minimum absolute atomic E-state index is 0.00622. The van der Waals surface area contributed by atoms with Crippen LogP contribution in [0.5, 0.6) is 0 Å². The number of nitrogens with zero attached hydrogens (tertiary/aromatic N) is 2. The number of terminal acetylenes is 1. The van der Waals surface area contributed by atoms with Gasteiger partial charge >= 0.3 is 5.97 Å². The van der Waals surface area contributed by atoms with Gasteiger partial charge in [0.2, 0.25) is 0 Å². The zero-order chi connectivity index (χ0) is 13.7. The Morgan fingerprint density at radius 2 is 2.28 bits per heavy atom. The SMILES string of the molecule is C#CCN(CC(=O)O)c1ccc(I)cc1[N+](=O)[O-]. The molecule has 6 nitrogen and oxygen atoms in total. The summed E-state index contributed by atoms with van der Waals surface area (Å²) in [6.07, 6.45) is 5.14. The van der Waals surface area contributed by atoms with E-state index in [1.54, 1.807) is 6.07 Å². The maximum atomic E-state index is 10.9. The standard InChI is InChI=1S/C11H9IN2O4/c1-2-5-13(7-11(15)16)9-4-3-8(12)6-10(9)14(17)18/h1,3-4,6H,5,7H2,(H,15,16). The normalized spacial score (nSPS) is 9.56. The smallest absolute Gasteiger partial charge is 0.323 e. The second-order valence-electron chi connectivity index (χ2n) is 3.34. The molecule has 0 saturated carbocycles. The maximum Gasteiger partial charge on any atom is 0.323 e. The van der Waals surface area contributed by atoms with Crippen LogP contribution in [-0.4, -0.2) is 29.1 Å². The average molecular weight is 360 g/mol. The van der Waals surface area contributed by atoms with E-state index in [1.165, 1.54) is 17.0 Å². The van der Waals surface area contributed by atoms with Crippen molar-refractivity contribution in [1.82, 2.24) is 0 Å². The fraction of sp³-hybridized carbons (Fsp3) is 0.182. The van der Waals surface area contributed by atoms with Gasteiger partial charge in [-0.15, -0.1) is 6.42 Å². The summed E-state index contributed by atoms with van der Waals surface area (Å²) in [5.74, 6) is 1.19. The van der Waals surface area contributed by atoms with E-state index < -0.39 is 10.9 Å². The molecular weight excluding hydrogens is 351 g/mol. The fourth-order valence-corrected chi connectivity index (χ4v) is 1.88. The fourth-order valence-electron chi connectivity index (χ4n) is 1.41. The summed E-state index contributed by atoms with van der Waals surface area (Å²) in [5.41, 5.74) is 0.0548. The Bertz CT molecular complexity index is 524. The number of hydrogen-bond donors (Lipinski definition) is 1. The maximum absolute atomic E-state index is 10.9. The summed E-state index contributed by atoms with van der Waals surface area (Å²) < 4.78 is 0.694. The monoisotopic (exact) mass is 360 g/mol. The van der Waals surface area contributed by atoms with Gasteiger partial charge in [0.1, 0.15) is 12.2 Å². The van der Waals surface area contributed by atoms with Gasteiger partial charge in [-0.2, -0.15) is 0 Å². The van der Waals surface area contributed by atoms with Crippen LogP contribution in [0.1, 0.15) is 0 Å². The van der Waals surface area contributed by atoms with Crippen LogP contribution in [0.25, 0.3) is 0 Å². The highest BCUT2D eigenvalue weighted by atomic mass is 127. The Morgan fingerprint density at radius 3 is 2.78 bits per heavy atom. The number of nitro groups is 1. The van der Waals surface area contributed by atoms with E-state index in [-0.39, 0.29) is 24.5 Å². The molecule has 0 amide bonds. The molecule has 0 aliphatic heterocycles. The van der Waals surface area contributed by atoms with Gasteiger partial charge in [0, 0.05) is 9.64 Å². The third-order valence-electron chi connectivity index (χ3n) is 2.08. The number of benzene rings is 1. The van der Waals surface area contributed by atoms with Gasteiger partial charge in [-0.3, -0.25) is 14.9 Å². The summed E-state index contributed by atoms with van der Waals surface area (Å²) in [6, 6.07) is 4.54. The number of carboxylic acid groups (broad SMARTS) is 1. The third kappa shape index (κ3) is 3.59. The van der Waals surface area contributed by atoms with Crippen molar-refractivity contribution < 1.29 is 14.8 Å². The molecule has 0 atom stereocenters. The first-order chi connectivity index (χ1) is 8.45. The van der Waals surface area contributed by atoms with Crippen molar-refractivity contribution in [3.63, 3.8) is 0 Å². The van der Waals surface area contributed by atoms with E-state index in [2.05, 4.69) is 5.92 Å². The lowest BCUT2D eigenvalue weighted by molar-refractivity contribution is -0.384. The lowest BCUT2D eigenvalue weighted by atomic mass is 10.2. The second-order valence-corrected chi connectivity index (χ2v) is 4.59. The second kappa shape index (κ2) is 6.20. The Balaban J connectivity index is 3.22. The van der Waals surface area contributed by atoms with E-state index >= 15 is 0 Å². The molecule has 1 rings (SSSR count). The molecule has 0 aromatic heterocycles. The molecule has 0 unspecified atom stereocenters. The molecule has 0 aliphatic rings. The lowest BCUT2D eigenvalue weighted by Crippen LogP contribution is -2.30. The molecule has 0 aliphatic carbocycles. The molecule has 94 valence electrons. The number of rotatable bonds is 5. The van der Waals surface area contributed by atoms with Crippen LogP contribution in [0.15, 0.2) is 18.2 Å². The Hall–Kier alpha value is -1.82. The Kier molecular flexibility index (Phi) is 4.91. The zero-order valence-corrected chi connectivity index (χ0v) is 11.3. The van der Waals surface area contributed by atoms with Gasteiger partial charge in [0.15, 0.2) is 0 Å². The molecule has 1 aromatic carbocycles. The van der Waals surface area contributed by atoms with E-state index in [0.717, 1.165) is 0 Å². The first-order valence-corrected chi connectivity index (χ1v) is 5.87. The summed E-state index contributed by atoms with van der Waals surface area (Å²) in [5, 5.41) is 19.7. The van der Waals surface area contributed by atoms with Crippen LogP contribution >= 0.6 is 22.6 Å². The Labute approximate surface area is 117 Å². The highest BCUT2D eigenvalue weighted by Gasteiger charge is 2.20. The quantitative estimate of drug-likeness (QED) is 0.374. The van der Waals surface area contributed by atoms with E-state index in [4.69, 9.17) is 11.5 Å². The molecule has 1 aromatic rings. The minimum atomic E-state index is -1.10.